The first-order valence-electron chi connectivity index (χ1n) is 10.5. The second kappa shape index (κ2) is 9.44. The number of rotatable bonds is 5. The number of aryl methyl sites for hydroxylation is 1. The van der Waals surface area contributed by atoms with E-state index < -0.39 is 0 Å². The number of hydrogen-bond acceptors (Lipinski definition) is 4. The van der Waals surface area contributed by atoms with Crippen LogP contribution in [0.2, 0.25) is 5.15 Å². The number of methoxy groups -OCH3 is 1. The van der Waals surface area contributed by atoms with Gasteiger partial charge in [-0.3, -0.25) is 9.59 Å². The lowest BCUT2D eigenvalue weighted by molar-refractivity contribution is 0.0535. The molecule has 0 N–H and O–H groups in total. The van der Waals surface area contributed by atoms with Gasteiger partial charge in [-0.25, -0.2) is 4.68 Å². The molecule has 7 nitrogen and oxygen atoms in total. The smallest absolute Gasteiger partial charge is 0.259 e. The molecule has 0 aliphatic carbocycles. The van der Waals surface area contributed by atoms with Crippen LogP contribution in [0.3, 0.4) is 0 Å². The molecule has 0 atom stereocenters. The predicted molar refractivity (Wildman–Crippen MR) is 122 cm³/mol. The molecule has 0 bridgehead atoms. The van der Waals surface area contributed by atoms with E-state index in [-0.39, 0.29) is 11.8 Å². The van der Waals surface area contributed by atoms with Crippen LogP contribution < -0.4 is 4.74 Å². The SMILES string of the molecule is COc1ccc(C(=O)N2CCN(C(=O)c3c(C)nn(Cc4ccccc4)c3Cl)CC2)cc1. The maximum Gasteiger partial charge on any atom is 0.259 e. The Labute approximate surface area is 192 Å². The van der Waals surface area contributed by atoms with Crippen LogP contribution in [-0.2, 0) is 6.54 Å². The Morgan fingerprint density at radius 2 is 1.53 bits per heavy atom. The van der Waals surface area contributed by atoms with Crippen molar-refractivity contribution in [2.45, 2.75) is 13.5 Å². The van der Waals surface area contributed by atoms with Crippen molar-refractivity contribution in [1.29, 1.82) is 0 Å². The monoisotopic (exact) mass is 452 g/mol. The van der Waals surface area contributed by atoms with Crippen molar-refractivity contribution in [3.63, 3.8) is 0 Å². The summed E-state index contributed by atoms with van der Waals surface area (Å²) in [4.78, 5) is 29.5. The fourth-order valence-corrected chi connectivity index (χ4v) is 4.16. The van der Waals surface area contributed by atoms with Gasteiger partial charge in [0.2, 0.25) is 0 Å². The minimum Gasteiger partial charge on any atom is -0.497 e. The minimum absolute atomic E-state index is 0.0513. The standard InChI is InChI=1S/C24H25ClN4O3/c1-17-21(22(25)29(26-17)16-18-6-4-3-5-7-18)24(31)28-14-12-27(13-15-28)23(30)19-8-10-20(32-2)11-9-19/h3-11H,12-16H2,1-2H3. The zero-order valence-corrected chi connectivity index (χ0v) is 18.9. The largest absolute Gasteiger partial charge is 0.497 e. The Balaban J connectivity index is 1.41. The molecule has 1 saturated heterocycles. The molecule has 4 rings (SSSR count). The number of carbonyl (C=O) groups excluding carboxylic acids is 2. The molecule has 1 aromatic heterocycles. The summed E-state index contributed by atoms with van der Waals surface area (Å²) in [6, 6.07) is 16.9. The molecule has 3 aromatic rings. The number of benzene rings is 2. The van der Waals surface area contributed by atoms with Crippen molar-refractivity contribution in [2.75, 3.05) is 33.3 Å². The van der Waals surface area contributed by atoms with E-state index in [0.29, 0.717) is 60.4 Å². The topological polar surface area (TPSA) is 67.7 Å². The Bertz CT molecular complexity index is 1100. The van der Waals surface area contributed by atoms with Crippen molar-refractivity contribution < 1.29 is 14.3 Å². The van der Waals surface area contributed by atoms with Crippen LogP contribution in [0, 0.1) is 6.92 Å². The molecule has 2 heterocycles. The first-order chi connectivity index (χ1) is 15.5. The summed E-state index contributed by atoms with van der Waals surface area (Å²) in [7, 11) is 1.59. The molecule has 1 aliphatic rings. The summed E-state index contributed by atoms with van der Waals surface area (Å²) >= 11 is 6.56. The highest BCUT2D eigenvalue weighted by atomic mass is 35.5. The zero-order chi connectivity index (χ0) is 22.7. The van der Waals surface area contributed by atoms with Crippen LogP contribution in [0.1, 0.15) is 32.0 Å². The number of hydrogen-bond donors (Lipinski definition) is 0. The second-order valence-electron chi connectivity index (χ2n) is 7.71. The quantitative estimate of drug-likeness (QED) is 0.594. The fourth-order valence-electron chi connectivity index (χ4n) is 3.84. The highest BCUT2D eigenvalue weighted by molar-refractivity contribution is 6.33. The number of piperazine rings is 1. The Morgan fingerprint density at radius 1 is 0.938 bits per heavy atom. The number of halogens is 1. The highest BCUT2D eigenvalue weighted by Gasteiger charge is 2.29. The van der Waals surface area contributed by atoms with Crippen LogP contribution in [-0.4, -0.2) is 64.7 Å². The first kappa shape index (κ1) is 21.9. The third kappa shape index (κ3) is 4.48. The molecule has 0 radical (unpaired) electrons. The highest BCUT2D eigenvalue weighted by Crippen LogP contribution is 2.24. The van der Waals surface area contributed by atoms with Crippen LogP contribution in [0.4, 0.5) is 0 Å². The molecular weight excluding hydrogens is 428 g/mol. The van der Waals surface area contributed by atoms with Crippen LogP contribution in [0.15, 0.2) is 54.6 Å². The molecule has 2 amide bonds. The van der Waals surface area contributed by atoms with Crippen LogP contribution >= 0.6 is 11.6 Å². The average Bonchev–Trinajstić information content (AvgIpc) is 3.11. The van der Waals surface area contributed by atoms with Crippen LogP contribution in [0.25, 0.3) is 0 Å². The summed E-state index contributed by atoms with van der Waals surface area (Å²) in [6.45, 7) is 4.11. The van der Waals surface area contributed by atoms with Gasteiger partial charge in [-0.15, -0.1) is 0 Å². The number of ether oxygens (including phenoxy) is 1. The molecule has 0 spiro atoms. The van der Waals surface area contributed by atoms with E-state index in [9.17, 15) is 9.59 Å². The van der Waals surface area contributed by atoms with Gasteiger partial charge in [0.25, 0.3) is 11.8 Å². The summed E-state index contributed by atoms with van der Waals surface area (Å²) in [5.41, 5.74) is 2.69. The molecule has 0 unspecified atom stereocenters. The molecule has 0 saturated carbocycles. The molecular formula is C24H25ClN4O3. The van der Waals surface area contributed by atoms with E-state index in [1.165, 1.54) is 0 Å². The summed E-state index contributed by atoms with van der Waals surface area (Å²) in [6.07, 6.45) is 0. The fraction of sp³-hybridized carbons (Fsp3) is 0.292. The first-order valence-corrected chi connectivity index (χ1v) is 10.8. The van der Waals surface area contributed by atoms with Gasteiger partial charge in [0.05, 0.1) is 24.9 Å². The van der Waals surface area contributed by atoms with E-state index >= 15 is 0 Å². The van der Waals surface area contributed by atoms with E-state index in [4.69, 9.17) is 16.3 Å². The van der Waals surface area contributed by atoms with Gasteiger partial charge in [-0.05, 0) is 36.8 Å². The van der Waals surface area contributed by atoms with Gasteiger partial charge >= 0.3 is 0 Å². The number of amides is 2. The second-order valence-corrected chi connectivity index (χ2v) is 8.07. The lowest BCUT2D eigenvalue weighted by Crippen LogP contribution is -2.50. The van der Waals surface area contributed by atoms with Crippen LogP contribution in [0.5, 0.6) is 5.75 Å². The van der Waals surface area contributed by atoms with Crippen molar-refractivity contribution in [1.82, 2.24) is 19.6 Å². The van der Waals surface area contributed by atoms with E-state index in [1.807, 2.05) is 30.3 Å². The van der Waals surface area contributed by atoms with E-state index in [1.54, 1.807) is 52.8 Å². The maximum absolute atomic E-state index is 13.2. The molecule has 1 fully saturated rings. The molecule has 1 aliphatic heterocycles. The summed E-state index contributed by atoms with van der Waals surface area (Å²) < 4.78 is 6.80. The molecule has 166 valence electrons. The number of aromatic nitrogens is 2. The van der Waals surface area contributed by atoms with Crippen molar-refractivity contribution in [2.24, 2.45) is 0 Å². The van der Waals surface area contributed by atoms with Crippen molar-refractivity contribution >= 4 is 23.4 Å². The average molecular weight is 453 g/mol. The van der Waals surface area contributed by atoms with Gasteiger partial charge in [0.15, 0.2) is 0 Å². The van der Waals surface area contributed by atoms with Gasteiger partial charge in [0, 0.05) is 31.7 Å². The summed E-state index contributed by atoms with van der Waals surface area (Å²) in [5.74, 6) is 0.505. The Hall–Kier alpha value is -3.32. The maximum atomic E-state index is 13.2. The van der Waals surface area contributed by atoms with E-state index in [2.05, 4.69) is 5.10 Å². The van der Waals surface area contributed by atoms with Gasteiger partial charge < -0.3 is 14.5 Å². The predicted octanol–water partition coefficient (Wildman–Crippen LogP) is 3.50. The molecule has 8 heteroatoms. The van der Waals surface area contributed by atoms with E-state index in [0.717, 1.165) is 5.56 Å². The lowest BCUT2D eigenvalue weighted by Gasteiger charge is -2.34. The normalized spacial score (nSPS) is 13.8. The van der Waals surface area contributed by atoms with Gasteiger partial charge in [0.1, 0.15) is 10.9 Å². The minimum atomic E-state index is -0.150. The Morgan fingerprint density at radius 3 is 2.12 bits per heavy atom. The van der Waals surface area contributed by atoms with Crippen molar-refractivity contribution in [3.8, 4) is 5.75 Å². The third-order valence-electron chi connectivity index (χ3n) is 5.65. The summed E-state index contributed by atoms with van der Waals surface area (Å²) in [5, 5.41) is 4.82. The number of carbonyl (C=O) groups is 2. The zero-order valence-electron chi connectivity index (χ0n) is 18.1. The third-order valence-corrected chi connectivity index (χ3v) is 6.03. The molecule has 32 heavy (non-hydrogen) atoms. The molecule has 2 aromatic carbocycles. The Kier molecular flexibility index (Phi) is 6.46. The lowest BCUT2D eigenvalue weighted by atomic mass is 10.1. The van der Waals surface area contributed by atoms with Gasteiger partial charge in [-0.1, -0.05) is 41.9 Å². The number of nitrogens with zero attached hydrogens (tertiary/aromatic N) is 4. The van der Waals surface area contributed by atoms with Crippen molar-refractivity contribution in [3.05, 3.63) is 82.1 Å². The van der Waals surface area contributed by atoms with Gasteiger partial charge in [-0.2, -0.15) is 5.10 Å².